The molecule has 1 atom stereocenters. The number of thiazole rings is 1. The second kappa shape index (κ2) is 15.1. The van der Waals surface area contributed by atoms with E-state index >= 15 is 0 Å². The van der Waals surface area contributed by atoms with Crippen molar-refractivity contribution in [3.05, 3.63) is 126 Å². The van der Waals surface area contributed by atoms with Crippen molar-refractivity contribution in [1.82, 2.24) is 4.57 Å². The van der Waals surface area contributed by atoms with Crippen LogP contribution in [0.4, 0.5) is 13.2 Å². The summed E-state index contributed by atoms with van der Waals surface area (Å²) in [5.74, 6) is -1.23. The largest absolute Gasteiger partial charge is 0.487 e. The van der Waals surface area contributed by atoms with Crippen LogP contribution >= 0.6 is 68.1 Å². The molecule has 4 aromatic rings. The monoisotopic (exact) mass is 922 g/mol. The molecule has 5 rings (SSSR count). The quantitative estimate of drug-likeness (QED) is 0.133. The third kappa shape index (κ3) is 7.81. The van der Waals surface area contributed by atoms with Gasteiger partial charge in [0.1, 0.15) is 12.4 Å². The first-order chi connectivity index (χ1) is 22.8. The SMILES string of the molecule is CCOC(=O)C1=C(C(F)(F)F)N=c2s/c(=C\c3cc(I)cc(I)c3OCc3ccc(C(=O)OCC)cc3)c(=O)n2[C@@H]1c1ccc(Cl)cc1. The van der Waals surface area contributed by atoms with Crippen molar-refractivity contribution in [3.63, 3.8) is 0 Å². The number of halogens is 6. The summed E-state index contributed by atoms with van der Waals surface area (Å²) >= 11 is 11.0. The topological polar surface area (TPSA) is 96.2 Å². The van der Waals surface area contributed by atoms with Crippen LogP contribution in [0.2, 0.25) is 5.02 Å². The molecule has 0 aliphatic carbocycles. The number of nitrogens with zero attached hydrogens (tertiary/aromatic N) is 2. The minimum absolute atomic E-state index is 0.0702. The van der Waals surface area contributed by atoms with Crippen LogP contribution in [-0.4, -0.2) is 35.9 Å². The molecule has 250 valence electrons. The summed E-state index contributed by atoms with van der Waals surface area (Å²) in [5, 5.41) is 0.319. The van der Waals surface area contributed by atoms with E-state index in [9.17, 15) is 27.6 Å². The van der Waals surface area contributed by atoms with Gasteiger partial charge in [0.05, 0.1) is 38.5 Å². The maximum atomic E-state index is 14.4. The number of fused-ring (bicyclic) bond motifs is 1. The molecule has 0 unspecified atom stereocenters. The molecule has 0 saturated carbocycles. The molecular formula is C33H24ClF3I2N2O6S. The maximum Gasteiger partial charge on any atom is 0.434 e. The molecule has 8 nitrogen and oxygen atoms in total. The van der Waals surface area contributed by atoms with Crippen LogP contribution < -0.4 is 19.6 Å². The predicted octanol–water partition coefficient (Wildman–Crippen LogP) is 6.96. The summed E-state index contributed by atoms with van der Waals surface area (Å²) < 4.78 is 62.3. The molecule has 0 N–H and O–H groups in total. The van der Waals surface area contributed by atoms with Gasteiger partial charge in [-0.25, -0.2) is 14.6 Å². The van der Waals surface area contributed by atoms with Gasteiger partial charge in [0.25, 0.3) is 5.56 Å². The Kier molecular flexibility index (Phi) is 11.4. The fraction of sp³-hybridized carbons (Fsp3) is 0.212. The fourth-order valence-corrected chi connectivity index (χ4v) is 8.05. The highest BCUT2D eigenvalue weighted by Gasteiger charge is 2.45. The molecule has 0 saturated heterocycles. The van der Waals surface area contributed by atoms with Crippen LogP contribution in [0.15, 0.2) is 81.7 Å². The molecule has 0 bridgehead atoms. The van der Waals surface area contributed by atoms with Gasteiger partial charge in [0.2, 0.25) is 0 Å². The summed E-state index contributed by atoms with van der Waals surface area (Å²) in [6.07, 6.45) is -3.49. The average molecular weight is 923 g/mol. The Bertz CT molecular complexity index is 2100. The first-order valence-corrected chi connectivity index (χ1v) is 17.6. The highest BCUT2D eigenvalue weighted by atomic mass is 127. The molecule has 3 aromatic carbocycles. The number of ether oxygens (including phenoxy) is 3. The molecule has 15 heteroatoms. The number of rotatable bonds is 9. The van der Waals surface area contributed by atoms with Crippen molar-refractivity contribution >= 4 is 86.1 Å². The minimum atomic E-state index is -5.02. The van der Waals surface area contributed by atoms with Crippen molar-refractivity contribution in [2.24, 2.45) is 4.99 Å². The van der Waals surface area contributed by atoms with Gasteiger partial charge in [-0.1, -0.05) is 47.2 Å². The summed E-state index contributed by atoms with van der Waals surface area (Å²) in [6, 6.07) is 14.7. The first-order valence-electron chi connectivity index (χ1n) is 14.3. The van der Waals surface area contributed by atoms with Gasteiger partial charge in [-0.15, -0.1) is 0 Å². The summed E-state index contributed by atoms with van der Waals surface area (Å²) in [6.45, 7) is 3.39. The fourth-order valence-electron chi connectivity index (χ4n) is 4.89. The van der Waals surface area contributed by atoms with E-state index in [1.165, 1.54) is 37.3 Å². The van der Waals surface area contributed by atoms with Crippen LogP contribution in [0, 0.1) is 7.14 Å². The van der Waals surface area contributed by atoms with Crippen molar-refractivity contribution in [2.75, 3.05) is 13.2 Å². The van der Waals surface area contributed by atoms with Gasteiger partial charge in [0, 0.05) is 14.2 Å². The molecule has 0 fully saturated rings. The molecule has 0 spiro atoms. The molecular weight excluding hydrogens is 899 g/mol. The standard InChI is InChI=1S/C33H24ClF3I2N2O6S/c1-3-45-30(43)19-7-5-17(6-8-19)16-47-27-20(13-22(38)15-23(27)39)14-24-29(42)41-26(18-9-11-21(34)12-10-18)25(31(44)46-4-2)28(33(35,36)37)40-32(41)48-24/h5-15,26H,3-4,16H2,1-2H3/b24-14-/t26-/m1/s1. The Morgan fingerprint density at radius 1 is 1.00 bits per heavy atom. The maximum absolute atomic E-state index is 14.4. The zero-order valence-corrected chi connectivity index (χ0v) is 31.0. The third-order valence-corrected chi connectivity index (χ3v) is 9.61. The molecule has 1 aliphatic rings. The lowest BCUT2D eigenvalue weighted by Gasteiger charge is -2.26. The number of alkyl halides is 3. The minimum Gasteiger partial charge on any atom is -0.487 e. The predicted molar refractivity (Wildman–Crippen MR) is 191 cm³/mol. The van der Waals surface area contributed by atoms with Crippen molar-refractivity contribution in [3.8, 4) is 5.75 Å². The number of carbonyl (C=O) groups is 2. The zero-order chi connectivity index (χ0) is 34.7. The number of hydrogen-bond donors (Lipinski definition) is 0. The number of hydrogen-bond acceptors (Lipinski definition) is 8. The Hall–Kier alpha value is -3.22. The number of carbonyl (C=O) groups excluding carboxylic acids is 2. The second-order valence-corrected chi connectivity index (χ2v) is 14.0. The van der Waals surface area contributed by atoms with Gasteiger partial charge in [-0.2, -0.15) is 13.2 Å². The van der Waals surface area contributed by atoms with Crippen LogP contribution in [0.25, 0.3) is 6.08 Å². The third-order valence-electron chi connectivity index (χ3n) is 6.95. The zero-order valence-electron chi connectivity index (χ0n) is 25.1. The lowest BCUT2D eigenvalue weighted by atomic mass is 9.95. The number of benzene rings is 3. The van der Waals surface area contributed by atoms with E-state index in [-0.39, 0.29) is 34.7 Å². The van der Waals surface area contributed by atoms with Crippen LogP contribution in [0.3, 0.4) is 0 Å². The summed E-state index contributed by atoms with van der Waals surface area (Å²) in [7, 11) is 0. The van der Waals surface area contributed by atoms with Gasteiger partial charge in [0.15, 0.2) is 10.5 Å². The van der Waals surface area contributed by atoms with Crippen molar-refractivity contribution < 1.29 is 37.0 Å². The van der Waals surface area contributed by atoms with E-state index in [1.807, 2.05) is 6.07 Å². The van der Waals surface area contributed by atoms with E-state index in [1.54, 1.807) is 37.3 Å². The second-order valence-electron chi connectivity index (χ2n) is 10.1. The van der Waals surface area contributed by atoms with Gasteiger partial charge >= 0.3 is 18.1 Å². The number of aromatic nitrogens is 1. The van der Waals surface area contributed by atoms with Crippen molar-refractivity contribution in [1.29, 1.82) is 0 Å². The van der Waals surface area contributed by atoms with E-state index in [2.05, 4.69) is 50.2 Å². The normalized spacial score (nSPS) is 14.8. The Labute approximate surface area is 308 Å². The van der Waals surface area contributed by atoms with E-state index in [0.29, 0.717) is 21.9 Å². The highest BCUT2D eigenvalue weighted by molar-refractivity contribution is 14.1. The summed E-state index contributed by atoms with van der Waals surface area (Å²) in [4.78, 5) is 42.7. The Morgan fingerprint density at radius 3 is 2.27 bits per heavy atom. The molecule has 0 amide bonds. The van der Waals surface area contributed by atoms with Gasteiger partial charge in [-0.3, -0.25) is 9.36 Å². The van der Waals surface area contributed by atoms with E-state index < -0.39 is 41.0 Å². The van der Waals surface area contributed by atoms with Gasteiger partial charge in [-0.05, 0) is 113 Å². The smallest absolute Gasteiger partial charge is 0.434 e. The van der Waals surface area contributed by atoms with E-state index in [0.717, 1.165) is 28.6 Å². The lowest BCUT2D eigenvalue weighted by Crippen LogP contribution is -2.41. The van der Waals surface area contributed by atoms with Crippen LogP contribution in [0.1, 0.15) is 46.9 Å². The van der Waals surface area contributed by atoms with Crippen LogP contribution in [-0.2, 0) is 20.9 Å². The molecule has 0 radical (unpaired) electrons. The van der Waals surface area contributed by atoms with Crippen LogP contribution in [0.5, 0.6) is 5.75 Å². The number of esters is 2. The first kappa shape index (κ1) is 36.1. The number of allylic oxidation sites excluding steroid dienone is 1. The molecule has 2 heterocycles. The molecule has 1 aromatic heterocycles. The van der Waals surface area contributed by atoms with E-state index in [4.69, 9.17) is 25.8 Å². The lowest BCUT2D eigenvalue weighted by molar-refractivity contribution is -0.140. The average Bonchev–Trinajstić information content (AvgIpc) is 3.34. The Balaban J connectivity index is 1.63. The summed E-state index contributed by atoms with van der Waals surface area (Å²) in [5.41, 5.74) is -1.01. The van der Waals surface area contributed by atoms with Gasteiger partial charge < -0.3 is 14.2 Å². The van der Waals surface area contributed by atoms with Crippen molar-refractivity contribution in [2.45, 2.75) is 32.7 Å². The molecule has 1 aliphatic heterocycles. The molecule has 48 heavy (non-hydrogen) atoms. The highest BCUT2D eigenvalue weighted by Crippen LogP contribution is 2.38. The Morgan fingerprint density at radius 2 is 1.65 bits per heavy atom.